The molecule has 7 nitrogen and oxygen atoms in total. The van der Waals surface area contributed by atoms with Crippen LogP contribution in [0.4, 0.5) is 10.3 Å². The van der Waals surface area contributed by atoms with Crippen LogP contribution in [0.5, 0.6) is 5.75 Å². The van der Waals surface area contributed by atoms with E-state index in [-0.39, 0.29) is 19.0 Å². The Morgan fingerprint density at radius 3 is 2.90 bits per heavy atom. The van der Waals surface area contributed by atoms with Gasteiger partial charge in [-0.15, -0.1) is 0 Å². The molecular formula is C23H22FN5O2. The number of imidazole rings is 1. The lowest BCUT2D eigenvalue weighted by atomic mass is 10.0. The van der Waals surface area contributed by atoms with E-state index in [0.29, 0.717) is 30.2 Å². The summed E-state index contributed by atoms with van der Waals surface area (Å²) in [7, 11) is 0. The number of aromatic nitrogens is 4. The van der Waals surface area contributed by atoms with E-state index in [9.17, 15) is 9.50 Å². The van der Waals surface area contributed by atoms with Gasteiger partial charge in [0.25, 0.3) is 0 Å². The van der Waals surface area contributed by atoms with Gasteiger partial charge < -0.3 is 15.2 Å². The van der Waals surface area contributed by atoms with Gasteiger partial charge in [0.2, 0.25) is 5.95 Å². The number of pyridine rings is 1. The molecule has 5 rings (SSSR count). The standard InChI is InChI=1S/C23H22FN5O2/c1-2-19-22-17(14-4-3-8-25-20(14)12-30)11-27-23(29(22)13-28-19)26-10-16-15-7-9-31-21(15)6-5-18(16)24/h3-6,8,11,13,30H,2,7,9-10,12H2,1H3,(H,26,27). The molecule has 0 aliphatic carbocycles. The van der Waals surface area contributed by atoms with Crippen molar-refractivity contribution in [3.05, 3.63) is 71.3 Å². The van der Waals surface area contributed by atoms with Crippen LogP contribution in [0, 0.1) is 5.82 Å². The van der Waals surface area contributed by atoms with Gasteiger partial charge >= 0.3 is 0 Å². The van der Waals surface area contributed by atoms with E-state index in [0.717, 1.165) is 40.1 Å². The molecule has 0 radical (unpaired) electrons. The third-order valence-corrected chi connectivity index (χ3v) is 5.67. The van der Waals surface area contributed by atoms with E-state index in [2.05, 4.69) is 20.3 Å². The molecule has 0 atom stereocenters. The van der Waals surface area contributed by atoms with Crippen molar-refractivity contribution in [2.75, 3.05) is 11.9 Å². The summed E-state index contributed by atoms with van der Waals surface area (Å²) in [5.41, 5.74) is 5.55. The highest BCUT2D eigenvalue weighted by Gasteiger charge is 2.21. The van der Waals surface area contributed by atoms with Crippen molar-refractivity contribution in [2.45, 2.75) is 32.9 Å². The van der Waals surface area contributed by atoms with E-state index in [1.54, 1.807) is 24.8 Å². The number of benzene rings is 1. The lowest BCUT2D eigenvalue weighted by Crippen LogP contribution is -2.10. The largest absolute Gasteiger partial charge is 0.493 e. The fourth-order valence-corrected chi connectivity index (χ4v) is 4.15. The van der Waals surface area contributed by atoms with Crippen molar-refractivity contribution >= 4 is 11.5 Å². The molecule has 0 spiro atoms. The molecule has 1 aliphatic rings. The molecule has 4 aromatic rings. The summed E-state index contributed by atoms with van der Waals surface area (Å²) >= 11 is 0. The number of nitrogens with zero attached hydrogens (tertiary/aromatic N) is 4. The quantitative estimate of drug-likeness (QED) is 0.497. The second kappa shape index (κ2) is 7.96. The number of anilines is 1. The van der Waals surface area contributed by atoms with Crippen molar-refractivity contribution < 1.29 is 14.2 Å². The van der Waals surface area contributed by atoms with Gasteiger partial charge in [-0.1, -0.05) is 13.0 Å². The van der Waals surface area contributed by atoms with Crippen LogP contribution in [-0.2, 0) is 26.0 Å². The molecule has 31 heavy (non-hydrogen) atoms. The minimum Gasteiger partial charge on any atom is -0.493 e. The highest BCUT2D eigenvalue weighted by molar-refractivity contribution is 5.83. The maximum Gasteiger partial charge on any atom is 0.208 e. The van der Waals surface area contributed by atoms with Gasteiger partial charge in [0, 0.05) is 47.6 Å². The molecule has 0 amide bonds. The molecule has 0 unspecified atom stereocenters. The fraction of sp³-hybridized carbons (Fsp3) is 0.261. The number of aliphatic hydroxyl groups is 1. The Morgan fingerprint density at radius 2 is 2.06 bits per heavy atom. The topological polar surface area (TPSA) is 84.6 Å². The van der Waals surface area contributed by atoms with Crippen molar-refractivity contribution in [2.24, 2.45) is 0 Å². The first-order chi connectivity index (χ1) is 15.2. The molecule has 3 aromatic heterocycles. The number of nitrogens with one attached hydrogen (secondary N) is 1. The Balaban J connectivity index is 1.56. The molecule has 8 heteroatoms. The number of hydrogen-bond acceptors (Lipinski definition) is 6. The van der Waals surface area contributed by atoms with Gasteiger partial charge in [-0.05, 0) is 24.6 Å². The number of ether oxygens (including phenoxy) is 1. The number of aryl methyl sites for hydroxylation is 1. The third-order valence-electron chi connectivity index (χ3n) is 5.67. The lowest BCUT2D eigenvalue weighted by molar-refractivity contribution is 0.277. The second-order valence-electron chi connectivity index (χ2n) is 7.37. The first-order valence-electron chi connectivity index (χ1n) is 10.3. The third kappa shape index (κ3) is 3.29. The number of fused-ring (bicyclic) bond motifs is 2. The summed E-state index contributed by atoms with van der Waals surface area (Å²) < 4.78 is 22.0. The molecule has 1 aliphatic heterocycles. The van der Waals surface area contributed by atoms with Crippen LogP contribution in [-0.4, -0.2) is 31.1 Å². The van der Waals surface area contributed by atoms with Crippen LogP contribution in [0.1, 0.15) is 29.4 Å². The summed E-state index contributed by atoms with van der Waals surface area (Å²) in [4.78, 5) is 13.4. The lowest BCUT2D eigenvalue weighted by Gasteiger charge is -2.14. The average molecular weight is 419 g/mol. The smallest absolute Gasteiger partial charge is 0.208 e. The Morgan fingerprint density at radius 1 is 1.16 bits per heavy atom. The number of aliphatic hydroxyl groups excluding tert-OH is 1. The summed E-state index contributed by atoms with van der Waals surface area (Å²) in [5.74, 6) is 1.06. The number of halogens is 1. The van der Waals surface area contributed by atoms with Crippen LogP contribution in [0.2, 0.25) is 0 Å². The fourth-order valence-electron chi connectivity index (χ4n) is 4.15. The van der Waals surface area contributed by atoms with Gasteiger partial charge in [-0.3, -0.25) is 9.38 Å². The Bertz CT molecular complexity index is 1270. The molecule has 1 aromatic carbocycles. The van der Waals surface area contributed by atoms with Crippen LogP contribution in [0.25, 0.3) is 16.6 Å². The normalized spacial score (nSPS) is 12.7. The zero-order chi connectivity index (χ0) is 21.4. The Labute approximate surface area is 178 Å². The molecule has 2 N–H and O–H groups in total. The molecule has 0 saturated carbocycles. The van der Waals surface area contributed by atoms with Gasteiger partial charge in [0.1, 0.15) is 17.9 Å². The minimum atomic E-state index is -0.257. The molecular weight excluding hydrogens is 397 g/mol. The van der Waals surface area contributed by atoms with E-state index < -0.39 is 0 Å². The summed E-state index contributed by atoms with van der Waals surface area (Å²) in [6, 6.07) is 6.87. The maximum atomic E-state index is 14.5. The van der Waals surface area contributed by atoms with Crippen molar-refractivity contribution in [1.29, 1.82) is 0 Å². The van der Waals surface area contributed by atoms with Gasteiger partial charge in [0.15, 0.2) is 0 Å². The highest BCUT2D eigenvalue weighted by atomic mass is 19.1. The number of rotatable bonds is 6. The predicted molar refractivity (Wildman–Crippen MR) is 114 cm³/mol. The average Bonchev–Trinajstić information content (AvgIpc) is 3.45. The zero-order valence-electron chi connectivity index (χ0n) is 17.1. The van der Waals surface area contributed by atoms with E-state index in [1.165, 1.54) is 6.07 Å². The monoisotopic (exact) mass is 419 g/mol. The molecule has 4 heterocycles. The van der Waals surface area contributed by atoms with Crippen LogP contribution >= 0.6 is 0 Å². The number of hydrogen-bond donors (Lipinski definition) is 2. The molecule has 0 fully saturated rings. The Kier molecular flexibility index (Phi) is 4.99. The summed E-state index contributed by atoms with van der Waals surface area (Å²) in [6.07, 6.45) is 6.56. The van der Waals surface area contributed by atoms with Gasteiger partial charge in [0.05, 0.1) is 30.1 Å². The first kappa shape index (κ1) is 19.4. The van der Waals surface area contributed by atoms with E-state index >= 15 is 0 Å². The van der Waals surface area contributed by atoms with Crippen molar-refractivity contribution in [1.82, 2.24) is 19.4 Å². The summed E-state index contributed by atoms with van der Waals surface area (Å²) in [6.45, 7) is 2.73. The highest BCUT2D eigenvalue weighted by Crippen LogP contribution is 2.32. The maximum absolute atomic E-state index is 14.5. The molecule has 0 saturated heterocycles. The van der Waals surface area contributed by atoms with Crippen LogP contribution in [0.15, 0.2) is 43.0 Å². The van der Waals surface area contributed by atoms with Crippen molar-refractivity contribution in [3.63, 3.8) is 0 Å². The SMILES string of the molecule is CCc1ncn2c(NCc3c(F)ccc4c3CCO4)ncc(-c3cccnc3CO)c12. The minimum absolute atomic E-state index is 0.168. The van der Waals surface area contributed by atoms with Crippen LogP contribution in [0.3, 0.4) is 0 Å². The van der Waals surface area contributed by atoms with E-state index in [1.807, 2.05) is 23.5 Å². The first-order valence-corrected chi connectivity index (χ1v) is 10.3. The zero-order valence-corrected chi connectivity index (χ0v) is 17.1. The molecule has 158 valence electrons. The van der Waals surface area contributed by atoms with Crippen LogP contribution < -0.4 is 10.1 Å². The van der Waals surface area contributed by atoms with Crippen molar-refractivity contribution in [3.8, 4) is 16.9 Å². The van der Waals surface area contributed by atoms with E-state index in [4.69, 9.17) is 4.74 Å². The summed E-state index contributed by atoms with van der Waals surface area (Å²) in [5, 5.41) is 13.0. The Hall–Kier alpha value is -3.52. The predicted octanol–water partition coefficient (Wildman–Crippen LogP) is 3.53. The second-order valence-corrected chi connectivity index (χ2v) is 7.37. The molecule has 0 bridgehead atoms. The van der Waals surface area contributed by atoms with Gasteiger partial charge in [-0.25, -0.2) is 14.4 Å². The van der Waals surface area contributed by atoms with Gasteiger partial charge in [-0.2, -0.15) is 0 Å².